The van der Waals surface area contributed by atoms with Crippen LogP contribution in [-0.2, 0) is 4.74 Å². The van der Waals surface area contributed by atoms with Crippen molar-refractivity contribution in [3.8, 4) is 0 Å². The predicted octanol–water partition coefficient (Wildman–Crippen LogP) is 2.47. The van der Waals surface area contributed by atoms with Crippen LogP contribution < -0.4 is 5.32 Å². The molecule has 1 aromatic carbocycles. The number of nitrogens with one attached hydrogen (secondary N) is 1. The molecule has 0 unspecified atom stereocenters. The molecule has 6 heteroatoms. The van der Waals surface area contributed by atoms with E-state index in [1.807, 2.05) is 0 Å². The van der Waals surface area contributed by atoms with Crippen molar-refractivity contribution < 1.29 is 14.5 Å². The van der Waals surface area contributed by atoms with Gasteiger partial charge in [0.2, 0.25) is 0 Å². The summed E-state index contributed by atoms with van der Waals surface area (Å²) in [4.78, 5) is 21.2. The van der Waals surface area contributed by atoms with Gasteiger partial charge in [0.1, 0.15) is 0 Å². The molecule has 0 radical (unpaired) electrons. The normalized spacial score (nSPS) is 9.62. The molecule has 0 saturated carbocycles. The molecular weight excluding hydrogens is 212 g/mol. The molecule has 0 aromatic heterocycles. The summed E-state index contributed by atoms with van der Waals surface area (Å²) < 4.78 is 4.66. The molecule has 6 nitrogen and oxygen atoms in total. The van der Waals surface area contributed by atoms with Crippen molar-refractivity contribution in [1.82, 2.24) is 0 Å². The first kappa shape index (κ1) is 12.0. The molecule has 86 valence electrons. The highest BCUT2D eigenvalue weighted by Crippen LogP contribution is 2.22. The van der Waals surface area contributed by atoms with E-state index in [2.05, 4.69) is 10.1 Å². The van der Waals surface area contributed by atoms with Gasteiger partial charge >= 0.3 is 6.09 Å². The van der Waals surface area contributed by atoms with E-state index in [0.29, 0.717) is 11.3 Å². The highest BCUT2D eigenvalue weighted by atomic mass is 16.6. The summed E-state index contributed by atoms with van der Waals surface area (Å²) in [6, 6.07) is 4.45. The SMILES string of the molecule is CCOC(=O)Nc1ccc(C)c([N+](=O)[O-])c1. The van der Waals surface area contributed by atoms with E-state index in [4.69, 9.17) is 0 Å². The molecule has 0 aliphatic carbocycles. The second-order valence-electron chi connectivity index (χ2n) is 3.10. The number of ether oxygens (including phenoxy) is 1. The Balaban J connectivity index is 2.87. The van der Waals surface area contributed by atoms with E-state index in [1.165, 1.54) is 6.07 Å². The number of rotatable bonds is 3. The average Bonchev–Trinajstić information content (AvgIpc) is 2.21. The minimum atomic E-state index is -0.624. The second-order valence-corrected chi connectivity index (χ2v) is 3.10. The van der Waals surface area contributed by atoms with Gasteiger partial charge in [-0.15, -0.1) is 0 Å². The highest BCUT2D eigenvalue weighted by molar-refractivity contribution is 5.85. The number of anilines is 1. The molecule has 16 heavy (non-hydrogen) atoms. The molecule has 0 fully saturated rings. The summed E-state index contributed by atoms with van der Waals surface area (Å²) in [5, 5.41) is 13.0. The van der Waals surface area contributed by atoms with Crippen LogP contribution in [0.5, 0.6) is 0 Å². The molecule has 0 spiro atoms. The molecule has 0 saturated heterocycles. The molecular formula is C10H12N2O4. The average molecular weight is 224 g/mol. The van der Waals surface area contributed by atoms with Crippen LogP contribution in [0.1, 0.15) is 12.5 Å². The lowest BCUT2D eigenvalue weighted by molar-refractivity contribution is -0.385. The Morgan fingerprint density at radius 3 is 2.81 bits per heavy atom. The Labute approximate surface area is 92.4 Å². The van der Waals surface area contributed by atoms with Crippen molar-refractivity contribution in [3.63, 3.8) is 0 Å². The largest absolute Gasteiger partial charge is 0.450 e. The van der Waals surface area contributed by atoms with Crippen LogP contribution >= 0.6 is 0 Å². The van der Waals surface area contributed by atoms with E-state index in [-0.39, 0.29) is 12.3 Å². The molecule has 1 rings (SSSR count). The third-order valence-corrected chi connectivity index (χ3v) is 1.93. The number of nitro groups is 1. The highest BCUT2D eigenvalue weighted by Gasteiger charge is 2.12. The van der Waals surface area contributed by atoms with Crippen molar-refractivity contribution in [2.24, 2.45) is 0 Å². The van der Waals surface area contributed by atoms with Gasteiger partial charge in [0, 0.05) is 11.6 Å². The Kier molecular flexibility index (Phi) is 3.82. The third-order valence-electron chi connectivity index (χ3n) is 1.93. The Bertz CT molecular complexity index is 417. The van der Waals surface area contributed by atoms with Crippen molar-refractivity contribution in [2.75, 3.05) is 11.9 Å². The zero-order chi connectivity index (χ0) is 12.1. The quantitative estimate of drug-likeness (QED) is 0.631. The number of amides is 1. The zero-order valence-corrected chi connectivity index (χ0v) is 9.02. The van der Waals surface area contributed by atoms with Crippen LogP contribution in [0.2, 0.25) is 0 Å². The van der Waals surface area contributed by atoms with Gasteiger partial charge in [0.05, 0.1) is 17.2 Å². The summed E-state index contributed by atoms with van der Waals surface area (Å²) >= 11 is 0. The van der Waals surface area contributed by atoms with Gasteiger partial charge in [-0.05, 0) is 19.9 Å². The fourth-order valence-electron chi connectivity index (χ4n) is 1.17. The van der Waals surface area contributed by atoms with Gasteiger partial charge in [-0.25, -0.2) is 4.79 Å². The Morgan fingerprint density at radius 2 is 2.25 bits per heavy atom. The summed E-state index contributed by atoms with van der Waals surface area (Å²) in [6.07, 6.45) is -0.624. The summed E-state index contributed by atoms with van der Waals surface area (Å²) in [5.41, 5.74) is 0.851. The number of benzene rings is 1. The zero-order valence-electron chi connectivity index (χ0n) is 9.02. The maximum Gasteiger partial charge on any atom is 0.411 e. The molecule has 1 aromatic rings. The number of carbonyl (C=O) groups is 1. The lowest BCUT2D eigenvalue weighted by Gasteiger charge is -2.05. The summed E-state index contributed by atoms with van der Waals surface area (Å²) in [6.45, 7) is 3.56. The van der Waals surface area contributed by atoms with E-state index < -0.39 is 11.0 Å². The topological polar surface area (TPSA) is 81.5 Å². The number of hydrogen-bond donors (Lipinski definition) is 1. The van der Waals surface area contributed by atoms with Crippen molar-refractivity contribution in [2.45, 2.75) is 13.8 Å². The lowest BCUT2D eigenvalue weighted by Crippen LogP contribution is -2.13. The standard InChI is InChI=1S/C10H12N2O4/c1-3-16-10(13)11-8-5-4-7(2)9(6-8)12(14)15/h4-6H,3H2,1-2H3,(H,11,13). The van der Waals surface area contributed by atoms with Gasteiger partial charge < -0.3 is 4.74 Å². The van der Waals surface area contributed by atoms with Crippen LogP contribution in [0.15, 0.2) is 18.2 Å². The molecule has 0 aliphatic heterocycles. The first-order valence-corrected chi connectivity index (χ1v) is 4.73. The number of nitrogens with zero attached hydrogens (tertiary/aromatic N) is 1. The van der Waals surface area contributed by atoms with Crippen LogP contribution in [0.4, 0.5) is 16.2 Å². The Hall–Kier alpha value is -2.11. The van der Waals surface area contributed by atoms with E-state index in [0.717, 1.165) is 0 Å². The number of carbonyl (C=O) groups excluding carboxylic acids is 1. The minimum Gasteiger partial charge on any atom is -0.450 e. The first-order valence-electron chi connectivity index (χ1n) is 4.73. The third kappa shape index (κ3) is 2.94. The van der Waals surface area contributed by atoms with E-state index in [9.17, 15) is 14.9 Å². The maximum atomic E-state index is 11.1. The molecule has 1 amide bonds. The monoisotopic (exact) mass is 224 g/mol. The number of nitro benzene ring substituents is 1. The smallest absolute Gasteiger partial charge is 0.411 e. The van der Waals surface area contributed by atoms with E-state index in [1.54, 1.807) is 26.0 Å². The predicted molar refractivity (Wildman–Crippen MR) is 58.5 cm³/mol. The molecule has 0 heterocycles. The fourth-order valence-corrected chi connectivity index (χ4v) is 1.17. The number of aryl methyl sites for hydroxylation is 1. The van der Waals surface area contributed by atoms with Gasteiger partial charge in [-0.2, -0.15) is 0 Å². The van der Waals surface area contributed by atoms with Crippen molar-refractivity contribution in [3.05, 3.63) is 33.9 Å². The van der Waals surface area contributed by atoms with Gasteiger partial charge in [-0.3, -0.25) is 15.4 Å². The minimum absolute atomic E-state index is 0.0331. The maximum absolute atomic E-state index is 11.1. The number of hydrogen-bond acceptors (Lipinski definition) is 4. The van der Waals surface area contributed by atoms with Crippen LogP contribution in [0.25, 0.3) is 0 Å². The summed E-state index contributed by atoms with van der Waals surface area (Å²) in [7, 11) is 0. The van der Waals surface area contributed by atoms with E-state index >= 15 is 0 Å². The van der Waals surface area contributed by atoms with Gasteiger partial charge in [0.25, 0.3) is 5.69 Å². The molecule has 0 atom stereocenters. The Morgan fingerprint density at radius 1 is 1.56 bits per heavy atom. The van der Waals surface area contributed by atoms with Gasteiger partial charge in [0.15, 0.2) is 0 Å². The first-order chi connectivity index (χ1) is 7.54. The fraction of sp³-hybridized carbons (Fsp3) is 0.300. The van der Waals surface area contributed by atoms with Crippen LogP contribution in [0.3, 0.4) is 0 Å². The molecule has 0 bridgehead atoms. The van der Waals surface area contributed by atoms with Crippen LogP contribution in [-0.4, -0.2) is 17.6 Å². The second kappa shape index (κ2) is 5.11. The molecule has 0 aliphatic rings. The molecule has 1 N–H and O–H groups in total. The van der Waals surface area contributed by atoms with Crippen LogP contribution in [0, 0.1) is 17.0 Å². The lowest BCUT2D eigenvalue weighted by atomic mass is 10.2. The van der Waals surface area contributed by atoms with Crippen molar-refractivity contribution >= 4 is 17.5 Å². The van der Waals surface area contributed by atoms with Crippen molar-refractivity contribution in [1.29, 1.82) is 0 Å². The summed E-state index contributed by atoms with van der Waals surface area (Å²) in [5.74, 6) is 0. The van der Waals surface area contributed by atoms with Gasteiger partial charge in [-0.1, -0.05) is 6.07 Å².